The van der Waals surface area contributed by atoms with Gasteiger partial charge in [0.2, 0.25) is 0 Å². The van der Waals surface area contributed by atoms with Crippen LogP contribution in [0.3, 0.4) is 0 Å². The number of aldehydes is 1. The van der Waals surface area contributed by atoms with E-state index in [-0.39, 0.29) is 0 Å². The van der Waals surface area contributed by atoms with Gasteiger partial charge in [-0.1, -0.05) is 0 Å². The van der Waals surface area contributed by atoms with E-state index in [0.717, 1.165) is 26.5 Å². The van der Waals surface area contributed by atoms with Gasteiger partial charge in [-0.3, -0.25) is 4.79 Å². The van der Waals surface area contributed by atoms with E-state index >= 15 is 0 Å². The summed E-state index contributed by atoms with van der Waals surface area (Å²) >= 11 is 1.49. The number of nitrogens with zero attached hydrogens (tertiary/aromatic N) is 4. The van der Waals surface area contributed by atoms with Gasteiger partial charge >= 0.3 is 0 Å². The molecule has 0 N–H and O–H groups in total. The molecule has 112 valence electrons. The molecule has 0 aliphatic carbocycles. The van der Waals surface area contributed by atoms with Gasteiger partial charge in [-0.15, -0.1) is 11.3 Å². The zero-order valence-corrected chi connectivity index (χ0v) is 12.9. The Labute approximate surface area is 134 Å². The molecule has 4 aromatic heterocycles. The quantitative estimate of drug-likeness (QED) is 0.537. The summed E-state index contributed by atoms with van der Waals surface area (Å²) in [5.41, 5.74) is 3.36. The van der Waals surface area contributed by atoms with Crippen LogP contribution in [-0.2, 0) is 0 Å². The third-order valence-corrected chi connectivity index (χ3v) is 4.62. The maximum atomic E-state index is 11.1. The number of aryl methyl sites for hydroxylation is 1. The molecule has 0 spiro atoms. The highest BCUT2D eigenvalue weighted by Crippen LogP contribution is 2.37. The van der Waals surface area contributed by atoms with E-state index in [1.165, 1.54) is 17.7 Å². The normalized spacial score (nSPS) is 11.0. The number of hydrogen-bond acceptors (Lipinski definition) is 7. The maximum absolute atomic E-state index is 11.1. The molecule has 0 unspecified atom stereocenters. The van der Waals surface area contributed by atoms with Crippen LogP contribution in [0, 0.1) is 6.92 Å². The van der Waals surface area contributed by atoms with E-state index in [1.54, 1.807) is 24.7 Å². The van der Waals surface area contributed by atoms with Crippen LogP contribution in [0.1, 0.15) is 16.2 Å². The monoisotopic (exact) mass is 322 g/mol. The van der Waals surface area contributed by atoms with Gasteiger partial charge in [0.05, 0.1) is 22.5 Å². The van der Waals surface area contributed by atoms with E-state index in [9.17, 15) is 4.79 Å². The average Bonchev–Trinajstić information content (AvgIpc) is 3.21. The molecule has 0 aromatic carbocycles. The van der Waals surface area contributed by atoms with Crippen molar-refractivity contribution in [3.63, 3.8) is 0 Å². The fraction of sp³-hybridized carbons (Fsp3) is 0.0625. The van der Waals surface area contributed by atoms with Crippen LogP contribution in [0.25, 0.3) is 32.1 Å². The lowest BCUT2D eigenvalue weighted by atomic mass is 10.2. The molecule has 0 aliphatic heterocycles. The molecule has 7 heteroatoms. The molecule has 0 aliphatic rings. The predicted molar refractivity (Wildman–Crippen MR) is 86.3 cm³/mol. The number of carbonyl (C=O) groups excluding carboxylic acids is 1. The number of hydrogen-bond donors (Lipinski definition) is 0. The molecule has 0 atom stereocenters. The topological polar surface area (TPSA) is 81.8 Å². The van der Waals surface area contributed by atoms with E-state index in [4.69, 9.17) is 4.42 Å². The predicted octanol–water partition coefficient (Wildman–Crippen LogP) is 3.53. The Bertz CT molecular complexity index is 1010. The number of thiazole rings is 1. The van der Waals surface area contributed by atoms with Gasteiger partial charge in [-0.2, -0.15) is 0 Å². The van der Waals surface area contributed by atoms with Gasteiger partial charge in [0, 0.05) is 29.4 Å². The molecule has 0 amide bonds. The van der Waals surface area contributed by atoms with Crippen LogP contribution < -0.4 is 0 Å². The number of fused-ring (bicyclic) bond motifs is 1. The fourth-order valence-electron chi connectivity index (χ4n) is 2.37. The van der Waals surface area contributed by atoms with Gasteiger partial charge in [0.1, 0.15) is 22.6 Å². The Morgan fingerprint density at radius 2 is 2.04 bits per heavy atom. The van der Waals surface area contributed by atoms with Crippen molar-refractivity contribution in [3.8, 4) is 21.1 Å². The van der Waals surface area contributed by atoms with Crippen molar-refractivity contribution in [2.45, 2.75) is 6.92 Å². The van der Waals surface area contributed by atoms with E-state index in [0.29, 0.717) is 23.3 Å². The second kappa shape index (κ2) is 5.36. The largest absolute Gasteiger partial charge is 0.464 e. The zero-order chi connectivity index (χ0) is 15.8. The number of carbonyl (C=O) groups is 1. The molecular formula is C16H10N4O2S. The van der Waals surface area contributed by atoms with E-state index in [2.05, 4.69) is 19.9 Å². The van der Waals surface area contributed by atoms with Gasteiger partial charge < -0.3 is 4.42 Å². The Kier molecular flexibility index (Phi) is 3.20. The summed E-state index contributed by atoms with van der Waals surface area (Å²) in [7, 11) is 0. The van der Waals surface area contributed by atoms with Gasteiger partial charge in [-0.25, -0.2) is 19.9 Å². The lowest BCUT2D eigenvalue weighted by Crippen LogP contribution is -1.91. The Morgan fingerprint density at radius 1 is 1.22 bits per heavy atom. The first-order valence-electron chi connectivity index (χ1n) is 6.83. The molecule has 4 heterocycles. The van der Waals surface area contributed by atoms with Crippen LogP contribution in [0.15, 0.2) is 41.5 Å². The third-order valence-electron chi connectivity index (χ3n) is 3.41. The molecule has 0 saturated carbocycles. The van der Waals surface area contributed by atoms with Crippen molar-refractivity contribution in [2.24, 2.45) is 0 Å². The van der Waals surface area contributed by atoms with Crippen LogP contribution >= 0.6 is 11.3 Å². The number of pyridine rings is 1. The van der Waals surface area contributed by atoms with Crippen LogP contribution in [0.4, 0.5) is 0 Å². The molecule has 0 bridgehead atoms. The second-order valence-electron chi connectivity index (χ2n) is 4.91. The zero-order valence-electron chi connectivity index (χ0n) is 12.1. The second-order valence-corrected chi connectivity index (χ2v) is 5.91. The summed E-state index contributed by atoms with van der Waals surface area (Å²) in [6.07, 6.45) is 7.23. The van der Waals surface area contributed by atoms with Crippen molar-refractivity contribution in [3.05, 3.63) is 48.5 Å². The highest BCUT2D eigenvalue weighted by molar-refractivity contribution is 7.18. The molecule has 4 aromatic rings. The van der Waals surface area contributed by atoms with Crippen LogP contribution in [0.2, 0.25) is 0 Å². The van der Waals surface area contributed by atoms with Gasteiger partial charge in [0.25, 0.3) is 0 Å². The lowest BCUT2D eigenvalue weighted by molar-refractivity contribution is 0.111. The molecule has 0 fully saturated rings. The molecule has 0 saturated heterocycles. The average molecular weight is 322 g/mol. The SMILES string of the molecule is Cc1nc(-c2cncnc2)sc1-c1nc(C=O)cc2occc12. The maximum Gasteiger partial charge on any atom is 0.168 e. The summed E-state index contributed by atoms with van der Waals surface area (Å²) in [6, 6.07) is 3.48. The minimum atomic E-state index is 0.333. The van der Waals surface area contributed by atoms with Gasteiger partial charge in [0.15, 0.2) is 6.29 Å². The van der Waals surface area contributed by atoms with Crippen molar-refractivity contribution in [2.75, 3.05) is 0 Å². The summed E-state index contributed by atoms with van der Waals surface area (Å²) in [5, 5.41) is 1.67. The summed E-state index contributed by atoms with van der Waals surface area (Å²) in [6.45, 7) is 1.92. The highest BCUT2D eigenvalue weighted by atomic mass is 32.1. The minimum Gasteiger partial charge on any atom is -0.464 e. The van der Waals surface area contributed by atoms with Crippen LogP contribution in [-0.4, -0.2) is 26.2 Å². The highest BCUT2D eigenvalue weighted by Gasteiger charge is 2.17. The first-order valence-corrected chi connectivity index (χ1v) is 7.64. The Hall–Kier alpha value is -2.93. The Morgan fingerprint density at radius 3 is 2.83 bits per heavy atom. The first-order chi connectivity index (χ1) is 11.3. The van der Waals surface area contributed by atoms with Crippen molar-refractivity contribution < 1.29 is 9.21 Å². The van der Waals surface area contributed by atoms with Crippen LogP contribution in [0.5, 0.6) is 0 Å². The number of rotatable bonds is 3. The molecule has 23 heavy (non-hydrogen) atoms. The summed E-state index contributed by atoms with van der Waals surface area (Å²) < 4.78 is 5.42. The van der Waals surface area contributed by atoms with E-state index in [1.807, 2.05) is 13.0 Å². The van der Waals surface area contributed by atoms with Crippen molar-refractivity contribution in [1.29, 1.82) is 0 Å². The first kappa shape index (κ1) is 13.7. The Balaban J connectivity index is 1.93. The lowest BCUT2D eigenvalue weighted by Gasteiger charge is -2.01. The molecule has 6 nitrogen and oxygen atoms in total. The van der Waals surface area contributed by atoms with Crippen molar-refractivity contribution in [1.82, 2.24) is 19.9 Å². The van der Waals surface area contributed by atoms with E-state index < -0.39 is 0 Å². The third kappa shape index (κ3) is 2.31. The summed E-state index contributed by atoms with van der Waals surface area (Å²) in [5.74, 6) is 0. The minimum absolute atomic E-state index is 0.333. The number of furan rings is 1. The summed E-state index contributed by atoms with van der Waals surface area (Å²) in [4.78, 5) is 29.1. The number of aromatic nitrogens is 4. The fourth-order valence-corrected chi connectivity index (χ4v) is 3.41. The molecule has 4 rings (SSSR count). The molecule has 0 radical (unpaired) electrons. The smallest absolute Gasteiger partial charge is 0.168 e. The van der Waals surface area contributed by atoms with Gasteiger partial charge in [-0.05, 0) is 13.0 Å². The van der Waals surface area contributed by atoms with Crippen molar-refractivity contribution >= 4 is 28.6 Å². The molecular weight excluding hydrogens is 312 g/mol. The standard InChI is InChI=1S/C16H10N4O2S/c1-9-15(23-16(19-9)10-5-17-8-18-6-10)14-12-2-3-22-13(12)4-11(7-21)20-14/h2-8H,1H3.